The lowest BCUT2D eigenvalue weighted by Gasteiger charge is -2.28. The first-order valence-corrected chi connectivity index (χ1v) is 9.80. The van der Waals surface area contributed by atoms with Crippen molar-refractivity contribution in [3.63, 3.8) is 0 Å². The van der Waals surface area contributed by atoms with Crippen molar-refractivity contribution in [1.29, 1.82) is 0 Å². The Hall–Kier alpha value is -1.73. The summed E-state index contributed by atoms with van der Waals surface area (Å²) in [6.07, 6.45) is 3.50. The number of hydrogen-bond acceptors (Lipinski definition) is 4. The van der Waals surface area contributed by atoms with Crippen LogP contribution in [-0.4, -0.2) is 33.5 Å². The number of pyridine rings is 1. The van der Waals surface area contributed by atoms with Gasteiger partial charge in [-0.05, 0) is 52.7 Å². The van der Waals surface area contributed by atoms with E-state index in [0.29, 0.717) is 22.8 Å². The quantitative estimate of drug-likeness (QED) is 0.805. The molecule has 1 aliphatic carbocycles. The smallest absolute Gasteiger partial charge is 0.247 e. The van der Waals surface area contributed by atoms with Crippen molar-refractivity contribution in [2.24, 2.45) is 0 Å². The van der Waals surface area contributed by atoms with E-state index in [9.17, 15) is 8.42 Å². The van der Waals surface area contributed by atoms with Crippen LogP contribution >= 0.6 is 0 Å². The molecule has 0 N–H and O–H groups in total. The van der Waals surface area contributed by atoms with Crippen LogP contribution < -0.4 is 0 Å². The molecule has 1 atom stereocenters. The van der Waals surface area contributed by atoms with Gasteiger partial charge in [0.2, 0.25) is 10.0 Å². The molecule has 0 amide bonds. The van der Waals surface area contributed by atoms with Gasteiger partial charge in [0.05, 0.1) is 23.1 Å². The standard InChI is InChI=1S/C17H24N4O2S/c1-5-20-14(4)17(12(2)19-20)24(22,23)21(15-9-10-15)13(3)16-8-6-7-11-18-16/h6-8,11,13,15H,5,9-10H2,1-4H3/t13-/m0/s1. The molecule has 24 heavy (non-hydrogen) atoms. The van der Waals surface area contributed by atoms with E-state index in [1.807, 2.05) is 39.0 Å². The van der Waals surface area contributed by atoms with Gasteiger partial charge in [-0.15, -0.1) is 0 Å². The highest BCUT2D eigenvalue weighted by Gasteiger charge is 2.43. The fourth-order valence-electron chi connectivity index (χ4n) is 3.27. The average Bonchev–Trinajstić information content (AvgIpc) is 3.32. The maximum Gasteiger partial charge on any atom is 0.247 e. The van der Waals surface area contributed by atoms with Gasteiger partial charge in [0.1, 0.15) is 4.90 Å². The van der Waals surface area contributed by atoms with Crippen LogP contribution in [0.15, 0.2) is 29.3 Å². The first-order chi connectivity index (χ1) is 11.4. The van der Waals surface area contributed by atoms with Gasteiger partial charge in [0.15, 0.2) is 0 Å². The normalized spacial score (nSPS) is 16.5. The van der Waals surface area contributed by atoms with E-state index in [0.717, 1.165) is 18.5 Å². The Morgan fingerprint density at radius 3 is 2.54 bits per heavy atom. The zero-order chi connectivity index (χ0) is 17.5. The van der Waals surface area contributed by atoms with Crippen molar-refractivity contribution in [3.05, 3.63) is 41.5 Å². The number of rotatable bonds is 6. The Morgan fingerprint density at radius 1 is 1.33 bits per heavy atom. The molecule has 0 unspecified atom stereocenters. The molecule has 130 valence electrons. The molecular formula is C17H24N4O2S. The molecule has 1 aliphatic rings. The van der Waals surface area contributed by atoms with Crippen LogP contribution in [0.5, 0.6) is 0 Å². The Kier molecular flexibility index (Phi) is 4.48. The zero-order valence-corrected chi connectivity index (χ0v) is 15.4. The van der Waals surface area contributed by atoms with Crippen LogP contribution in [0.25, 0.3) is 0 Å². The van der Waals surface area contributed by atoms with Crippen molar-refractivity contribution in [1.82, 2.24) is 19.1 Å². The van der Waals surface area contributed by atoms with E-state index in [2.05, 4.69) is 10.1 Å². The summed E-state index contributed by atoms with van der Waals surface area (Å²) in [5.74, 6) is 0. The number of aryl methyl sites for hydroxylation is 2. The monoisotopic (exact) mass is 348 g/mol. The van der Waals surface area contributed by atoms with Crippen molar-refractivity contribution in [2.75, 3.05) is 0 Å². The average molecular weight is 348 g/mol. The maximum atomic E-state index is 13.4. The van der Waals surface area contributed by atoms with Gasteiger partial charge in [0.25, 0.3) is 0 Å². The highest BCUT2D eigenvalue weighted by atomic mass is 32.2. The van der Waals surface area contributed by atoms with E-state index >= 15 is 0 Å². The predicted molar refractivity (Wildman–Crippen MR) is 92.1 cm³/mol. The third-order valence-electron chi connectivity index (χ3n) is 4.55. The Balaban J connectivity index is 2.07. The maximum absolute atomic E-state index is 13.4. The summed E-state index contributed by atoms with van der Waals surface area (Å²) < 4.78 is 30.3. The molecule has 6 nitrogen and oxygen atoms in total. The van der Waals surface area contributed by atoms with Crippen LogP contribution in [0.3, 0.4) is 0 Å². The van der Waals surface area contributed by atoms with E-state index in [1.54, 1.807) is 22.1 Å². The molecule has 0 saturated heterocycles. The predicted octanol–water partition coefficient (Wildman–Crippen LogP) is 2.83. The van der Waals surface area contributed by atoms with Crippen LogP contribution in [0, 0.1) is 13.8 Å². The van der Waals surface area contributed by atoms with Gasteiger partial charge in [-0.3, -0.25) is 9.67 Å². The fraction of sp³-hybridized carbons (Fsp3) is 0.529. The third kappa shape index (κ3) is 2.86. The summed E-state index contributed by atoms with van der Waals surface area (Å²) in [5, 5.41) is 4.38. The molecule has 0 bridgehead atoms. The van der Waals surface area contributed by atoms with Crippen molar-refractivity contribution < 1.29 is 8.42 Å². The zero-order valence-electron chi connectivity index (χ0n) is 14.6. The molecule has 0 aromatic carbocycles. The first kappa shape index (κ1) is 17.1. The number of hydrogen-bond donors (Lipinski definition) is 0. The minimum Gasteiger partial charge on any atom is -0.268 e. The van der Waals surface area contributed by atoms with Gasteiger partial charge in [0, 0.05) is 18.8 Å². The number of sulfonamides is 1. The van der Waals surface area contributed by atoms with Crippen molar-refractivity contribution in [3.8, 4) is 0 Å². The minimum atomic E-state index is -3.63. The number of nitrogens with zero attached hydrogens (tertiary/aromatic N) is 4. The Bertz CT molecular complexity index is 826. The Morgan fingerprint density at radius 2 is 2.04 bits per heavy atom. The molecule has 2 aromatic rings. The van der Waals surface area contributed by atoms with Gasteiger partial charge >= 0.3 is 0 Å². The second-order valence-electron chi connectivity index (χ2n) is 6.31. The van der Waals surface area contributed by atoms with Crippen LogP contribution in [0.4, 0.5) is 0 Å². The highest BCUT2D eigenvalue weighted by molar-refractivity contribution is 7.89. The second kappa shape index (κ2) is 6.29. The largest absolute Gasteiger partial charge is 0.268 e. The minimum absolute atomic E-state index is 0.0517. The molecule has 7 heteroatoms. The molecule has 2 heterocycles. The van der Waals surface area contributed by atoms with Crippen LogP contribution in [-0.2, 0) is 16.6 Å². The molecule has 1 fully saturated rings. The summed E-state index contributed by atoms with van der Waals surface area (Å²) in [7, 11) is -3.63. The van der Waals surface area contributed by atoms with Gasteiger partial charge in [-0.1, -0.05) is 6.07 Å². The molecule has 0 aliphatic heterocycles. The number of aromatic nitrogens is 3. The molecule has 1 saturated carbocycles. The first-order valence-electron chi connectivity index (χ1n) is 8.36. The molecule has 0 spiro atoms. The fourth-order valence-corrected chi connectivity index (χ4v) is 5.50. The summed E-state index contributed by atoms with van der Waals surface area (Å²) >= 11 is 0. The van der Waals surface area contributed by atoms with Crippen molar-refractivity contribution in [2.45, 2.75) is 64.1 Å². The summed E-state index contributed by atoms with van der Waals surface area (Å²) in [5.41, 5.74) is 2.04. The lowest BCUT2D eigenvalue weighted by molar-refractivity contribution is 0.328. The highest BCUT2D eigenvalue weighted by Crippen LogP contribution is 2.39. The summed E-state index contributed by atoms with van der Waals surface area (Å²) in [6.45, 7) is 8.12. The summed E-state index contributed by atoms with van der Waals surface area (Å²) in [6, 6.07) is 5.36. The van der Waals surface area contributed by atoms with E-state index in [1.165, 1.54) is 0 Å². The second-order valence-corrected chi connectivity index (χ2v) is 8.09. The Labute approximate surface area is 143 Å². The van der Waals surface area contributed by atoms with Gasteiger partial charge < -0.3 is 0 Å². The third-order valence-corrected chi connectivity index (χ3v) is 6.83. The van der Waals surface area contributed by atoms with E-state index in [4.69, 9.17) is 0 Å². The lowest BCUT2D eigenvalue weighted by Crippen LogP contribution is -2.36. The summed E-state index contributed by atoms with van der Waals surface area (Å²) in [4.78, 5) is 4.70. The van der Waals surface area contributed by atoms with Crippen LogP contribution in [0.2, 0.25) is 0 Å². The van der Waals surface area contributed by atoms with Crippen LogP contribution in [0.1, 0.15) is 49.8 Å². The topological polar surface area (TPSA) is 68.1 Å². The molecule has 2 aromatic heterocycles. The van der Waals surface area contributed by atoms with E-state index in [-0.39, 0.29) is 12.1 Å². The van der Waals surface area contributed by atoms with Crippen molar-refractivity contribution >= 4 is 10.0 Å². The SMILES string of the molecule is CCn1nc(C)c(S(=O)(=O)N(C2CC2)[C@@H](C)c2ccccn2)c1C. The lowest BCUT2D eigenvalue weighted by atomic mass is 10.2. The van der Waals surface area contributed by atoms with Gasteiger partial charge in [-0.25, -0.2) is 8.42 Å². The molecule has 3 rings (SSSR count). The van der Waals surface area contributed by atoms with Gasteiger partial charge in [-0.2, -0.15) is 9.40 Å². The molecular weight excluding hydrogens is 324 g/mol. The van der Waals surface area contributed by atoms with E-state index < -0.39 is 10.0 Å². The molecule has 0 radical (unpaired) electrons.